The van der Waals surface area contributed by atoms with Gasteiger partial charge in [-0.2, -0.15) is 0 Å². The number of carbonyl (C=O) groups is 2. The second-order valence-corrected chi connectivity index (χ2v) is 7.26. The Morgan fingerprint density at radius 3 is 2.17 bits per heavy atom. The van der Waals surface area contributed by atoms with Gasteiger partial charge in [0.15, 0.2) is 0 Å². The first-order chi connectivity index (χ1) is 14.3. The molecule has 0 radical (unpaired) electrons. The molecule has 0 unspecified atom stereocenters. The smallest absolute Gasteiger partial charge is 0.336 e. The number of nitrogen functional groups attached to an aromatic ring is 1. The molecule has 0 saturated carbocycles. The zero-order valence-electron chi connectivity index (χ0n) is 16.8. The molecule has 152 valence electrons. The molecule has 6 heteroatoms. The third-order valence-electron chi connectivity index (χ3n) is 4.86. The molecule has 0 atom stereocenters. The van der Waals surface area contributed by atoms with Gasteiger partial charge in [-0.3, -0.25) is 10.2 Å². The Labute approximate surface area is 174 Å². The molecule has 5 N–H and O–H groups in total. The quantitative estimate of drug-likeness (QED) is 0.353. The van der Waals surface area contributed by atoms with E-state index in [2.05, 4.69) is 5.32 Å². The molecule has 3 aromatic rings. The molecule has 0 heterocycles. The van der Waals surface area contributed by atoms with Crippen molar-refractivity contribution in [3.05, 3.63) is 89.0 Å². The highest BCUT2D eigenvalue weighted by molar-refractivity contribution is 6.10. The average molecular weight is 401 g/mol. The minimum Gasteiger partial charge on any atom is -0.478 e. The third kappa shape index (κ3) is 4.38. The summed E-state index contributed by atoms with van der Waals surface area (Å²) in [6.07, 6.45) is 0. The lowest BCUT2D eigenvalue weighted by Gasteiger charge is -2.15. The summed E-state index contributed by atoms with van der Waals surface area (Å²) in [5.74, 6) is -1.24. The number of carboxylic acids is 1. The molecule has 0 spiro atoms. The molecule has 0 saturated heterocycles. The molecule has 0 fully saturated rings. The van der Waals surface area contributed by atoms with Crippen LogP contribution >= 0.6 is 0 Å². The van der Waals surface area contributed by atoms with Crippen LogP contribution < -0.4 is 11.1 Å². The Hall–Kier alpha value is -3.93. The highest BCUT2D eigenvalue weighted by atomic mass is 16.4. The molecule has 0 bridgehead atoms. The average Bonchev–Trinajstić information content (AvgIpc) is 2.73. The Balaban J connectivity index is 2.06. The van der Waals surface area contributed by atoms with E-state index in [1.807, 2.05) is 19.9 Å². The molecule has 0 aliphatic rings. The van der Waals surface area contributed by atoms with Crippen LogP contribution in [0.3, 0.4) is 0 Å². The highest BCUT2D eigenvalue weighted by Gasteiger charge is 2.19. The Morgan fingerprint density at radius 1 is 0.933 bits per heavy atom. The molecule has 1 amide bonds. The van der Waals surface area contributed by atoms with Gasteiger partial charge in [0.25, 0.3) is 5.91 Å². The van der Waals surface area contributed by atoms with Crippen LogP contribution in [-0.4, -0.2) is 22.8 Å². The number of anilines is 1. The fourth-order valence-corrected chi connectivity index (χ4v) is 3.18. The lowest BCUT2D eigenvalue weighted by Crippen LogP contribution is -2.15. The standard InChI is InChI=1S/C24H23N3O3/c1-14(2)16-9-12-19(18-5-3-4-6-20(18)24(29)30)21(13-16)23(28)27-17-10-7-15(8-11-17)22(25)26/h3-14H,1-2H3,(H3,25,26)(H,27,28)(H,29,30). The third-order valence-corrected chi connectivity index (χ3v) is 4.86. The second kappa shape index (κ2) is 8.61. The van der Waals surface area contributed by atoms with E-state index < -0.39 is 5.97 Å². The summed E-state index contributed by atoms with van der Waals surface area (Å²) in [6.45, 7) is 4.06. The van der Waals surface area contributed by atoms with Crippen molar-refractivity contribution in [2.24, 2.45) is 5.73 Å². The summed E-state index contributed by atoms with van der Waals surface area (Å²) in [6, 6.07) is 18.8. The number of hydrogen-bond acceptors (Lipinski definition) is 3. The van der Waals surface area contributed by atoms with E-state index in [0.717, 1.165) is 5.56 Å². The van der Waals surface area contributed by atoms with E-state index in [-0.39, 0.29) is 23.2 Å². The van der Waals surface area contributed by atoms with Crippen LogP contribution in [0, 0.1) is 5.41 Å². The number of aromatic carboxylic acids is 1. The molecular formula is C24H23N3O3. The van der Waals surface area contributed by atoms with Crippen LogP contribution in [0.15, 0.2) is 66.7 Å². The maximum absolute atomic E-state index is 13.2. The summed E-state index contributed by atoms with van der Waals surface area (Å²) >= 11 is 0. The number of benzene rings is 3. The van der Waals surface area contributed by atoms with Gasteiger partial charge in [-0.05, 0) is 59.0 Å². The molecule has 0 aliphatic carbocycles. The summed E-state index contributed by atoms with van der Waals surface area (Å²) in [7, 11) is 0. The molecular weight excluding hydrogens is 378 g/mol. The van der Waals surface area contributed by atoms with E-state index in [0.29, 0.717) is 27.9 Å². The first kappa shape index (κ1) is 20.8. The summed E-state index contributed by atoms with van der Waals surface area (Å²) < 4.78 is 0. The van der Waals surface area contributed by atoms with Gasteiger partial charge in [0, 0.05) is 16.8 Å². The number of amides is 1. The fourth-order valence-electron chi connectivity index (χ4n) is 3.18. The largest absolute Gasteiger partial charge is 0.478 e. The van der Waals surface area contributed by atoms with Gasteiger partial charge in [-0.25, -0.2) is 4.79 Å². The molecule has 6 nitrogen and oxygen atoms in total. The van der Waals surface area contributed by atoms with Crippen LogP contribution in [0.2, 0.25) is 0 Å². The Morgan fingerprint density at radius 2 is 1.57 bits per heavy atom. The molecule has 0 aliphatic heterocycles. The van der Waals surface area contributed by atoms with Crippen LogP contribution in [-0.2, 0) is 0 Å². The Bertz CT molecular complexity index is 1120. The van der Waals surface area contributed by atoms with Crippen molar-refractivity contribution in [1.29, 1.82) is 5.41 Å². The first-order valence-electron chi connectivity index (χ1n) is 9.50. The van der Waals surface area contributed by atoms with Gasteiger partial charge in [0.05, 0.1) is 5.56 Å². The molecule has 0 aromatic heterocycles. The summed E-state index contributed by atoms with van der Waals surface area (Å²) in [4.78, 5) is 24.9. The van der Waals surface area contributed by atoms with Crippen molar-refractivity contribution in [2.45, 2.75) is 19.8 Å². The zero-order valence-corrected chi connectivity index (χ0v) is 16.8. The molecule has 3 aromatic carbocycles. The van der Waals surface area contributed by atoms with Crippen molar-refractivity contribution in [3.63, 3.8) is 0 Å². The number of amidine groups is 1. The van der Waals surface area contributed by atoms with E-state index >= 15 is 0 Å². The summed E-state index contributed by atoms with van der Waals surface area (Å²) in [5, 5.41) is 19.9. The van der Waals surface area contributed by atoms with E-state index in [1.165, 1.54) is 6.07 Å². The van der Waals surface area contributed by atoms with E-state index in [9.17, 15) is 14.7 Å². The SMILES string of the molecule is CC(C)c1ccc(-c2ccccc2C(=O)O)c(C(=O)Nc2ccc(C(=N)N)cc2)c1. The fraction of sp³-hybridized carbons (Fsp3) is 0.125. The van der Waals surface area contributed by atoms with Crippen molar-refractivity contribution >= 4 is 23.4 Å². The van der Waals surface area contributed by atoms with Crippen LogP contribution in [0.25, 0.3) is 11.1 Å². The number of nitrogens with one attached hydrogen (secondary N) is 2. The number of nitrogens with two attached hydrogens (primary N) is 1. The molecule has 30 heavy (non-hydrogen) atoms. The normalized spacial score (nSPS) is 10.6. The predicted molar refractivity (Wildman–Crippen MR) is 118 cm³/mol. The highest BCUT2D eigenvalue weighted by Crippen LogP contribution is 2.30. The van der Waals surface area contributed by atoms with Gasteiger partial charge < -0.3 is 16.2 Å². The maximum Gasteiger partial charge on any atom is 0.336 e. The second-order valence-electron chi connectivity index (χ2n) is 7.26. The van der Waals surface area contributed by atoms with Crippen molar-refractivity contribution in [1.82, 2.24) is 0 Å². The van der Waals surface area contributed by atoms with Crippen molar-refractivity contribution in [2.75, 3.05) is 5.32 Å². The van der Waals surface area contributed by atoms with E-state index in [1.54, 1.807) is 54.6 Å². The van der Waals surface area contributed by atoms with Crippen LogP contribution in [0.4, 0.5) is 5.69 Å². The van der Waals surface area contributed by atoms with Gasteiger partial charge in [0.1, 0.15) is 5.84 Å². The van der Waals surface area contributed by atoms with Gasteiger partial charge in [-0.1, -0.05) is 44.2 Å². The molecule has 3 rings (SSSR count). The Kier molecular flexibility index (Phi) is 5.97. The number of rotatable bonds is 6. The number of carboxylic acid groups (broad SMARTS) is 1. The van der Waals surface area contributed by atoms with Crippen molar-refractivity contribution in [3.8, 4) is 11.1 Å². The minimum atomic E-state index is -1.05. The monoisotopic (exact) mass is 401 g/mol. The minimum absolute atomic E-state index is 0.0509. The van der Waals surface area contributed by atoms with Gasteiger partial charge in [0.2, 0.25) is 0 Å². The number of hydrogen-bond donors (Lipinski definition) is 4. The van der Waals surface area contributed by atoms with E-state index in [4.69, 9.17) is 11.1 Å². The summed E-state index contributed by atoms with van der Waals surface area (Å²) in [5.41, 5.74) is 9.12. The maximum atomic E-state index is 13.2. The predicted octanol–water partition coefficient (Wildman–Crippen LogP) is 4.71. The topological polar surface area (TPSA) is 116 Å². The number of carbonyl (C=O) groups excluding carboxylic acids is 1. The zero-order chi connectivity index (χ0) is 21.8. The van der Waals surface area contributed by atoms with Crippen LogP contribution in [0.5, 0.6) is 0 Å². The first-order valence-corrected chi connectivity index (χ1v) is 9.50. The van der Waals surface area contributed by atoms with Crippen LogP contribution in [0.1, 0.15) is 51.6 Å². The van der Waals surface area contributed by atoms with Crippen molar-refractivity contribution < 1.29 is 14.7 Å². The lowest BCUT2D eigenvalue weighted by atomic mass is 9.91. The van der Waals surface area contributed by atoms with Gasteiger partial charge >= 0.3 is 5.97 Å². The van der Waals surface area contributed by atoms with Gasteiger partial charge in [-0.15, -0.1) is 0 Å². The lowest BCUT2D eigenvalue weighted by molar-refractivity contribution is 0.0697.